The van der Waals surface area contributed by atoms with Crippen LogP contribution in [0.4, 0.5) is 11.4 Å². The molecule has 1 aliphatic carbocycles. The highest BCUT2D eigenvalue weighted by molar-refractivity contribution is 7.92. The zero-order valence-electron chi connectivity index (χ0n) is 13.4. The fraction of sp³-hybridized carbons (Fsp3) is 0.353. The Hall–Kier alpha value is -2.28. The Morgan fingerprint density at radius 1 is 1.29 bits per heavy atom. The van der Waals surface area contributed by atoms with Gasteiger partial charge in [-0.1, -0.05) is 12.1 Å². The number of hydrogen-bond donors (Lipinski definition) is 1. The summed E-state index contributed by atoms with van der Waals surface area (Å²) in [6.07, 6.45) is 3.90. The molecular weight excluding hydrogens is 326 g/mol. The van der Waals surface area contributed by atoms with Gasteiger partial charge in [-0.2, -0.15) is 0 Å². The largest absolute Gasteiger partial charge is 0.474 e. The van der Waals surface area contributed by atoms with Crippen molar-refractivity contribution < 1.29 is 13.2 Å². The van der Waals surface area contributed by atoms with Crippen LogP contribution in [0.25, 0.3) is 0 Å². The van der Waals surface area contributed by atoms with E-state index in [2.05, 4.69) is 10.3 Å². The minimum absolute atomic E-state index is 0.276. The number of fused-ring (bicyclic) bond motifs is 1. The van der Waals surface area contributed by atoms with Crippen molar-refractivity contribution in [2.75, 3.05) is 29.8 Å². The van der Waals surface area contributed by atoms with E-state index in [9.17, 15) is 8.42 Å². The monoisotopic (exact) mass is 345 g/mol. The molecule has 6 nitrogen and oxygen atoms in total. The average Bonchev–Trinajstić information content (AvgIpc) is 3.46. The number of ether oxygens (including phenoxy) is 1. The third-order valence-electron chi connectivity index (χ3n) is 4.42. The van der Waals surface area contributed by atoms with Crippen molar-refractivity contribution in [3.63, 3.8) is 0 Å². The van der Waals surface area contributed by atoms with Crippen molar-refractivity contribution in [1.29, 1.82) is 0 Å². The number of pyridine rings is 1. The van der Waals surface area contributed by atoms with E-state index in [1.807, 2.05) is 12.1 Å². The number of nitrogens with zero attached hydrogens (tertiary/aromatic N) is 2. The van der Waals surface area contributed by atoms with Crippen molar-refractivity contribution in [1.82, 2.24) is 4.98 Å². The molecule has 24 heavy (non-hydrogen) atoms. The van der Waals surface area contributed by atoms with Crippen LogP contribution in [-0.4, -0.2) is 33.6 Å². The second-order valence-electron chi connectivity index (χ2n) is 6.07. The molecule has 1 aromatic heterocycles. The van der Waals surface area contributed by atoms with Gasteiger partial charge < -0.3 is 10.1 Å². The molecule has 1 aromatic carbocycles. The highest BCUT2D eigenvalue weighted by Crippen LogP contribution is 2.41. The molecule has 7 heteroatoms. The summed E-state index contributed by atoms with van der Waals surface area (Å²) in [5.41, 5.74) is 2.32. The average molecular weight is 345 g/mol. The molecule has 0 bridgehead atoms. The molecule has 1 fully saturated rings. The number of nitrogens with one attached hydrogen (secondary N) is 1. The molecule has 0 spiro atoms. The van der Waals surface area contributed by atoms with Crippen LogP contribution < -0.4 is 14.4 Å². The summed E-state index contributed by atoms with van der Waals surface area (Å²) in [6, 6.07) is 9.04. The van der Waals surface area contributed by atoms with E-state index < -0.39 is 10.0 Å². The first kappa shape index (κ1) is 15.3. The standard InChI is InChI=1S/C17H19N3O3S/c1-18-14-10-16-17(19-11-14)23-8-7-20(16)24(21,22)15-4-2-3-13(9-15)12-5-6-12/h2-4,9-12,18H,5-8H2,1H3. The summed E-state index contributed by atoms with van der Waals surface area (Å²) < 4.78 is 33.2. The fourth-order valence-electron chi connectivity index (χ4n) is 2.94. The van der Waals surface area contributed by atoms with Crippen molar-refractivity contribution in [2.24, 2.45) is 0 Å². The Bertz CT molecular complexity index is 878. The molecule has 2 aromatic rings. The van der Waals surface area contributed by atoms with Gasteiger partial charge in [0, 0.05) is 7.05 Å². The van der Waals surface area contributed by atoms with Gasteiger partial charge in [-0.05, 0) is 42.5 Å². The first-order valence-corrected chi connectivity index (χ1v) is 9.47. The summed E-state index contributed by atoms with van der Waals surface area (Å²) in [7, 11) is -1.87. The SMILES string of the molecule is CNc1cnc2c(c1)N(S(=O)(=O)c1cccc(C3CC3)c1)CCO2. The molecular formula is C17H19N3O3S. The van der Waals surface area contributed by atoms with Gasteiger partial charge in [0.05, 0.1) is 23.3 Å². The number of sulfonamides is 1. The first-order chi connectivity index (χ1) is 11.6. The Morgan fingerprint density at radius 2 is 2.12 bits per heavy atom. The Balaban J connectivity index is 1.77. The Morgan fingerprint density at radius 3 is 2.88 bits per heavy atom. The van der Waals surface area contributed by atoms with Gasteiger partial charge in [0.15, 0.2) is 0 Å². The van der Waals surface area contributed by atoms with Crippen LogP contribution in [0.2, 0.25) is 0 Å². The molecule has 2 aliphatic rings. The lowest BCUT2D eigenvalue weighted by molar-refractivity contribution is 0.303. The molecule has 1 N–H and O–H groups in total. The minimum atomic E-state index is -3.64. The topological polar surface area (TPSA) is 71.5 Å². The third kappa shape index (κ3) is 2.58. The summed E-state index contributed by atoms with van der Waals surface area (Å²) in [6.45, 7) is 0.568. The lowest BCUT2D eigenvalue weighted by Crippen LogP contribution is -2.38. The van der Waals surface area contributed by atoms with Crippen molar-refractivity contribution in [2.45, 2.75) is 23.7 Å². The van der Waals surface area contributed by atoms with Gasteiger partial charge in [-0.3, -0.25) is 4.31 Å². The molecule has 1 aliphatic heterocycles. The van der Waals surface area contributed by atoms with Crippen molar-refractivity contribution in [3.8, 4) is 5.88 Å². The fourth-order valence-corrected chi connectivity index (χ4v) is 4.43. The molecule has 0 unspecified atom stereocenters. The van der Waals surface area contributed by atoms with Crippen LogP contribution in [0, 0.1) is 0 Å². The third-order valence-corrected chi connectivity index (χ3v) is 6.23. The highest BCUT2D eigenvalue weighted by atomic mass is 32.2. The van der Waals surface area contributed by atoms with Gasteiger partial charge in [0.1, 0.15) is 12.3 Å². The lowest BCUT2D eigenvalue weighted by Gasteiger charge is -2.30. The van der Waals surface area contributed by atoms with Crippen LogP contribution in [0.15, 0.2) is 41.4 Å². The van der Waals surface area contributed by atoms with Gasteiger partial charge in [-0.25, -0.2) is 13.4 Å². The zero-order chi connectivity index (χ0) is 16.7. The molecule has 4 rings (SSSR count). The Kier molecular flexibility index (Phi) is 3.60. The van der Waals surface area contributed by atoms with E-state index >= 15 is 0 Å². The highest BCUT2D eigenvalue weighted by Gasteiger charge is 2.32. The summed E-state index contributed by atoms with van der Waals surface area (Å²) in [5, 5.41) is 2.98. The number of aromatic nitrogens is 1. The van der Waals surface area contributed by atoms with Crippen molar-refractivity contribution in [3.05, 3.63) is 42.1 Å². The van der Waals surface area contributed by atoms with E-state index in [4.69, 9.17) is 4.74 Å². The first-order valence-electron chi connectivity index (χ1n) is 8.03. The number of anilines is 2. The van der Waals surface area contributed by atoms with Gasteiger partial charge >= 0.3 is 0 Å². The minimum Gasteiger partial charge on any atom is -0.474 e. The van der Waals surface area contributed by atoms with E-state index in [-0.39, 0.29) is 6.54 Å². The summed E-state index contributed by atoms with van der Waals surface area (Å²) in [5.74, 6) is 0.858. The molecule has 2 heterocycles. The quantitative estimate of drug-likeness (QED) is 0.922. The predicted octanol–water partition coefficient (Wildman–Crippen LogP) is 2.59. The normalized spacial score (nSPS) is 17.1. The maximum absolute atomic E-state index is 13.2. The number of benzene rings is 1. The smallest absolute Gasteiger partial charge is 0.264 e. The van der Waals surface area contributed by atoms with Crippen LogP contribution >= 0.6 is 0 Å². The molecule has 0 atom stereocenters. The molecule has 0 amide bonds. The van der Waals surface area contributed by atoms with Crippen LogP contribution in [0.3, 0.4) is 0 Å². The maximum atomic E-state index is 13.2. The predicted molar refractivity (Wildman–Crippen MR) is 92.2 cm³/mol. The maximum Gasteiger partial charge on any atom is 0.264 e. The van der Waals surface area contributed by atoms with E-state index in [1.54, 1.807) is 31.4 Å². The molecule has 126 valence electrons. The second kappa shape index (κ2) is 5.66. The van der Waals surface area contributed by atoms with Crippen LogP contribution in [0.5, 0.6) is 5.88 Å². The number of hydrogen-bond acceptors (Lipinski definition) is 5. The van der Waals surface area contributed by atoms with Gasteiger partial charge in [0.25, 0.3) is 10.0 Å². The molecule has 1 saturated carbocycles. The van der Waals surface area contributed by atoms with E-state index in [1.165, 1.54) is 4.31 Å². The zero-order valence-corrected chi connectivity index (χ0v) is 14.2. The van der Waals surface area contributed by atoms with E-state index in [0.717, 1.165) is 24.1 Å². The molecule has 0 radical (unpaired) electrons. The molecule has 0 saturated heterocycles. The van der Waals surface area contributed by atoms with Crippen molar-refractivity contribution >= 4 is 21.4 Å². The Labute approximate surface area is 141 Å². The summed E-state index contributed by atoms with van der Waals surface area (Å²) in [4.78, 5) is 4.54. The summed E-state index contributed by atoms with van der Waals surface area (Å²) >= 11 is 0. The second-order valence-corrected chi connectivity index (χ2v) is 7.93. The van der Waals surface area contributed by atoms with Crippen LogP contribution in [0.1, 0.15) is 24.3 Å². The number of rotatable bonds is 4. The van der Waals surface area contributed by atoms with Gasteiger partial charge in [0.2, 0.25) is 5.88 Å². The van der Waals surface area contributed by atoms with E-state index in [0.29, 0.717) is 29.0 Å². The lowest BCUT2D eigenvalue weighted by atomic mass is 10.1. The van der Waals surface area contributed by atoms with Gasteiger partial charge in [-0.15, -0.1) is 0 Å². The van der Waals surface area contributed by atoms with Crippen LogP contribution in [-0.2, 0) is 10.0 Å².